The Hall–Kier alpha value is -1.32. The van der Waals surface area contributed by atoms with Crippen LogP contribution in [0.15, 0.2) is 28.7 Å². The summed E-state index contributed by atoms with van der Waals surface area (Å²) in [6.07, 6.45) is 0.975. The monoisotopic (exact) mass is 231 g/mol. The Kier molecular flexibility index (Phi) is 2.87. The van der Waals surface area contributed by atoms with Crippen LogP contribution in [0, 0.1) is 6.92 Å². The van der Waals surface area contributed by atoms with E-state index in [4.69, 9.17) is 9.15 Å². The van der Waals surface area contributed by atoms with Crippen LogP contribution >= 0.6 is 0 Å². The molecule has 1 aliphatic rings. The van der Waals surface area contributed by atoms with Crippen molar-refractivity contribution in [1.29, 1.82) is 0 Å². The third-order valence-electron chi connectivity index (χ3n) is 3.35. The van der Waals surface area contributed by atoms with Crippen LogP contribution in [0.4, 0.5) is 0 Å². The summed E-state index contributed by atoms with van der Waals surface area (Å²) in [5.74, 6) is 1.03. The zero-order chi connectivity index (χ0) is 11.7. The molecule has 90 valence electrons. The maximum Gasteiger partial charge on any atom is 0.134 e. The average molecular weight is 231 g/mol. The van der Waals surface area contributed by atoms with Gasteiger partial charge in [-0.25, -0.2) is 0 Å². The second-order valence-electron chi connectivity index (χ2n) is 4.56. The Morgan fingerprint density at radius 3 is 3.06 bits per heavy atom. The van der Waals surface area contributed by atoms with E-state index in [9.17, 15) is 0 Å². The molecule has 0 spiro atoms. The molecule has 1 aromatic carbocycles. The zero-order valence-corrected chi connectivity index (χ0v) is 10.0. The molecule has 1 fully saturated rings. The number of hydrogen-bond donors (Lipinski definition) is 1. The molecule has 0 bridgehead atoms. The molecule has 1 atom stereocenters. The van der Waals surface area contributed by atoms with E-state index in [1.165, 1.54) is 10.9 Å². The van der Waals surface area contributed by atoms with E-state index >= 15 is 0 Å². The molecule has 2 heterocycles. The lowest BCUT2D eigenvalue weighted by molar-refractivity contribution is 0.0770. The number of para-hydroxylation sites is 1. The quantitative estimate of drug-likeness (QED) is 0.861. The highest BCUT2D eigenvalue weighted by Gasteiger charge is 2.18. The Labute approximate surface area is 101 Å². The van der Waals surface area contributed by atoms with Gasteiger partial charge in [-0.1, -0.05) is 18.2 Å². The highest BCUT2D eigenvalue weighted by atomic mass is 16.5. The van der Waals surface area contributed by atoms with Crippen molar-refractivity contribution in [3.05, 3.63) is 35.6 Å². The molecule has 3 nitrogen and oxygen atoms in total. The number of benzene rings is 1. The number of aryl methyl sites for hydroxylation is 1. The molecular formula is C14H17NO2. The Morgan fingerprint density at radius 1 is 1.35 bits per heavy atom. The summed E-state index contributed by atoms with van der Waals surface area (Å²) >= 11 is 0. The summed E-state index contributed by atoms with van der Waals surface area (Å²) in [4.78, 5) is 0. The van der Waals surface area contributed by atoms with Crippen LogP contribution in [0.25, 0.3) is 11.0 Å². The molecule has 1 unspecified atom stereocenters. The number of fused-ring (bicyclic) bond motifs is 1. The van der Waals surface area contributed by atoms with Gasteiger partial charge in [0.15, 0.2) is 0 Å². The van der Waals surface area contributed by atoms with Crippen LogP contribution in [-0.4, -0.2) is 25.8 Å². The highest BCUT2D eigenvalue weighted by Crippen LogP contribution is 2.26. The van der Waals surface area contributed by atoms with Gasteiger partial charge in [-0.05, 0) is 19.4 Å². The lowest BCUT2D eigenvalue weighted by atomic mass is 10.0. The van der Waals surface area contributed by atoms with Crippen LogP contribution in [0.3, 0.4) is 0 Å². The largest absolute Gasteiger partial charge is 0.461 e. The van der Waals surface area contributed by atoms with Gasteiger partial charge in [0.2, 0.25) is 0 Å². The van der Waals surface area contributed by atoms with E-state index in [0.717, 1.165) is 37.5 Å². The second kappa shape index (κ2) is 4.51. The molecule has 1 saturated heterocycles. The second-order valence-corrected chi connectivity index (χ2v) is 4.56. The minimum absolute atomic E-state index is 0.406. The number of morpholine rings is 1. The maximum atomic E-state index is 5.77. The predicted molar refractivity (Wildman–Crippen MR) is 67.3 cm³/mol. The minimum atomic E-state index is 0.406. The summed E-state index contributed by atoms with van der Waals surface area (Å²) in [5.41, 5.74) is 2.29. The lowest BCUT2D eigenvalue weighted by Gasteiger charge is -2.23. The summed E-state index contributed by atoms with van der Waals surface area (Å²) in [7, 11) is 0. The van der Waals surface area contributed by atoms with E-state index < -0.39 is 0 Å². The first-order chi connectivity index (χ1) is 8.34. The van der Waals surface area contributed by atoms with Crippen molar-refractivity contribution in [1.82, 2.24) is 5.32 Å². The zero-order valence-electron chi connectivity index (χ0n) is 10.0. The Balaban J connectivity index is 1.90. The predicted octanol–water partition coefficient (Wildman–Crippen LogP) is 2.27. The summed E-state index contributed by atoms with van der Waals surface area (Å²) < 4.78 is 11.3. The van der Waals surface area contributed by atoms with Crippen LogP contribution in [0.5, 0.6) is 0 Å². The van der Waals surface area contributed by atoms with Gasteiger partial charge in [-0.2, -0.15) is 0 Å². The fourth-order valence-corrected chi connectivity index (χ4v) is 2.47. The summed E-state index contributed by atoms with van der Waals surface area (Å²) in [5, 5.41) is 4.72. The van der Waals surface area contributed by atoms with Crippen LogP contribution < -0.4 is 5.32 Å². The first-order valence-corrected chi connectivity index (χ1v) is 6.13. The maximum absolute atomic E-state index is 5.77. The van der Waals surface area contributed by atoms with Gasteiger partial charge >= 0.3 is 0 Å². The molecule has 0 amide bonds. The number of ether oxygens (including phenoxy) is 1. The number of hydrogen-bond acceptors (Lipinski definition) is 3. The first-order valence-electron chi connectivity index (χ1n) is 6.13. The van der Waals surface area contributed by atoms with E-state index in [-0.39, 0.29) is 0 Å². The molecule has 17 heavy (non-hydrogen) atoms. The fraction of sp³-hybridized carbons (Fsp3) is 0.429. The third kappa shape index (κ3) is 2.08. The van der Waals surface area contributed by atoms with Crippen molar-refractivity contribution in [2.75, 3.05) is 19.8 Å². The SMILES string of the molecule is Cc1oc2ccccc2c1CC1COCCN1. The standard InChI is InChI=1S/C14H17NO2/c1-10-13(8-11-9-16-7-6-15-11)12-4-2-3-5-14(12)17-10/h2-5,11,15H,6-9H2,1H3. The van der Waals surface area contributed by atoms with E-state index in [1.54, 1.807) is 0 Å². The van der Waals surface area contributed by atoms with Crippen molar-refractivity contribution in [3.63, 3.8) is 0 Å². The molecule has 1 N–H and O–H groups in total. The van der Waals surface area contributed by atoms with Crippen molar-refractivity contribution < 1.29 is 9.15 Å². The molecule has 1 aromatic heterocycles. The molecule has 1 aliphatic heterocycles. The van der Waals surface area contributed by atoms with Gasteiger partial charge in [0.05, 0.1) is 13.2 Å². The molecule has 3 heteroatoms. The summed E-state index contributed by atoms with van der Waals surface area (Å²) in [6.45, 7) is 4.60. The Bertz CT molecular complexity index is 512. The molecule has 2 aromatic rings. The van der Waals surface area contributed by atoms with Crippen LogP contribution in [0.1, 0.15) is 11.3 Å². The first kappa shape index (κ1) is 10.8. The number of rotatable bonds is 2. The van der Waals surface area contributed by atoms with E-state index in [0.29, 0.717) is 6.04 Å². The minimum Gasteiger partial charge on any atom is -0.461 e. The molecule has 0 radical (unpaired) electrons. The molecular weight excluding hydrogens is 214 g/mol. The van der Waals surface area contributed by atoms with Crippen molar-refractivity contribution in [2.45, 2.75) is 19.4 Å². The van der Waals surface area contributed by atoms with Gasteiger partial charge < -0.3 is 14.5 Å². The van der Waals surface area contributed by atoms with Gasteiger partial charge in [0, 0.05) is 23.5 Å². The highest BCUT2D eigenvalue weighted by molar-refractivity contribution is 5.82. The third-order valence-corrected chi connectivity index (χ3v) is 3.35. The topological polar surface area (TPSA) is 34.4 Å². The van der Waals surface area contributed by atoms with E-state index in [1.807, 2.05) is 19.1 Å². The van der Waals surface area contributed by atoms with E-state index in [2.05, 4.69) is 17.4 Å². The smallest absolute Gasteiger partial charge is 0.134 e. The fourth-order valence-electron chi connectivity index (χ4n) is 2.47. The van der Waals surface area contributed by atoms with Gasteiger partial charge in [0.25, 0.3) is 0 Å². The van der Waals surface area contributed by atoms with Gasteiger partial charge in [-0.15, -0.1) is 0 Å². The van der Waals surface area contributed by atoms with Crippen LogP contribution in [0.2, 0.25) is 0 Å². The van der Waals surface area contributed by atoms with Gasteiger partial charge in [-0.3, -0.25) is 0 Å². The Morgan fingerprint density at radius 2 is 2.24 bits per heavy atom. The van der Waals surface area contributed by atoms with Crippen molar-refractivity contribution in [2.24, 2.45) is 0 Å². The lowest BCUT2D eigenvalue weighted by Crippen LogP contribution is -2.42. The average Bonchev–Trinajstić information content (AvgIpc) is 2.68. The molecule has 0 aliphatic carbocycles. The normalized spacial score (nSPS) is 20.9. The number of furan rings is 1. The molecule has 0 saturated carbocycles. The summed E-state index contributed by atoms with van der Waals surface area (Å²) in [6, 6.07) is 8.63. The number of nitrogens with one attached hydrogen (secondary N) is 1. The van der Waals surface area contributed by atoms with Gasteiger partial charge in [0.1, 0.15) is 11.3 Å². The molecule has 3 rings (SSSR count). The van der Waals surface area contributed by atoms with Crippen molar-refractivity contribution >= 4 is 11.0 Å². The van der Waals surface area contributed by atoms with Crippen LogP contribution in [-0.2, 0) is 11.2 Å². The van der Waals surface area contributed by atoms with Crippen molar-refractivity contribution in [3.8, 4) is 0 Å².